The van der Waals surface area contributed by atoms with Crippen LogP contribution in [-0.2, 0) is 0 Å². The molecule has 3 heteroatoms. The van der Waals surface area contributed by atoms with Gasteiger partial charge in [-0.05, 0) is 42.0 Å². The van der Waals surface area contributed by atoms with E-state index in [1.165, 1.54) is 12.1 Å². The zero-order valence-corrected chi connectivity index (χ0v) is 11.2. The molecule has 2 aromatic carbocycles. The number of pyridine rings is 1. The molecule has 0 fully saturated rings. The lowest BCUT2D eigenvalue weighted by Gasteiger charge is -2.04. The number of nitrogens with zero attached hydrogens (tertiary/aromatic N) is 1. The molecule has 0 aliphatic carbocycles. The van der Waals surface area contributed by atoms with E-state index in [1.54, 1.807) is 12.3 Å². The maximum Gasteiger partial charge on any atom is 0.123 e. The Labute approximate surface area is 121 Å². The van der Waals surface area contributed by atoms with Crippen molar-refractivity contribution >= 4 is 10.9 Å². The summed E-state index contributed by atoms with van der Waals surface area (Å²) >= 11 is 0. The first-order valence-electron chi connectivity index (χ1n) is 6.52. The van der Waals surface area contributed by atoms with Gasteiger partial charge in [-0.2, -0.15) is 0 Å². The van der Waals surface area contributed by atoms with Crippen LogP contribution in [0.2, 0.25) is 0 Å². The Bertz CT molecular complexity index is 862. The van der Waals surface area contributed by atoms with Crippen molar-refractivity contribution in [3.05, 3.63) is 66.1 Å². The number of aromatic nitrogens is 1. The van der Waals surface area contributed by atoms with Crippen LogP contribution >= 0.6 is 0 Å². The molecule has 102 valence electrons. The number of halogens is 1. The van der Waals surface area contributed by atoms with Crippen LogP contribution in [0.25, 0.3) is 22.0 Å². The molecule has 0 spiro atoms. The summed E-state index contributed by atoms with van der Waals surface area (Å²) in [5.41, 5.74) is 3.31. The standard InChI is InChI=1S/C18H12FNO/c19-17-5-1-4-14(11-17)16-10-15-9-13(3-2-8-21)6-7-18(15)20-12-16/h1,4-7,9-12,21H,8H2. The summed E-state index contributed by atoms with van der Waals surface area (Å²) in [6.45, 7) is -0.167. The Morgan fingerprint density at radius 3 is 2.76 bits per heavy atom. The van der Waals surface area contributed by atoms with Gasteiger partial charge >= 0.3 is 0 Å². The van der Waals surface area contributed by atoms with Crippen molar-refractivity contribution in [1.29, 1.82) is 0 Å². The first-order valence-corrected chi connectivity index (χ1v) is 6.52. The van der Waals surface area contributed by atoms with Gasteiger partial charge in [0.05, 0.1) is 5.52 Å². The molecule has 0 aliphatic rings. The average molecular weight is 277 g/mol. The highest BCUT2D eigenvalue weighted by atomic mass is 19.1. The van der Waals surface area contributed by atoms with E-state index < -0.39 is 0 Å². The summed E-state index contributed by atoms with van der Waals surface area (Å²) in [7, 11) is 0. The van der Waals surface area contributed by atoms with Gasteiger partial charge in [0.1, 0.15) is 12.4 Å². The van der Waals surface area contributed by atoms with E-state index in [1.807, 2.05) is 30.3 Å². The third-order valence-corrected chi connectivity index (χ3v) is 3.15. The van der Waals surface area contributed by atoms with Crippen molar-refractivity contribution in [2.45, 2.75) is 0 Å². The highest BCUT2D eigenvalue weighted by Gasteiger charge is 2.02. The minimum atomic E-state index is -0.268. The highest BCUT2D eigenvalue weighted by Crippen LogP contribution is 2.23. The largest absolute Gasteiger partial charge is 0.384 e. The monoisotopic (exact) mass is 277 g/mol. The normalized spacial score (nSPS) is 10.2. The molecule has 0 saturated heterocycles. The summed E-state index contributed by atoms with van der Waals surface area (Å²) in [6, 6.07) is 14.0. The van der Waals surface area contributed by atoms with E-state index in [2.05, 4.69) is 16.8 Å². The van der Waals surface area contributed by atoms with Crippen LogP contribution in [0.3, 0.4) is 0 Å². The van der Waals surface area contributed by atoms with Gasteiger partial charge in [-0.25, -0.2) is 4.39 Å². The predicted octanol–water partition coefficient (Wildman–Crippen LogP) is 3.38. The Morgan fingerprint density at radius 2 is 1.95 bits per heavy atom. The predicted molar refractivity (Wildman–Crippen MR) is 81.1 cm³/mol. The number of rotatable bonds is 1. The topological polar surface area (TPSA) is 33.1 Å². The lowest BCUT2D eigenvalue weighted by atomic mass is 10.0. The molecule has 0 radical (unpaired) electrons. The summed E-state index contributed by atoms with van der Waals surface area (Å²) in [6.07, 6.45) is 1.73. The SMILES string of the molecule is OCC#Cc1ccc2ncc(-c3cccc(F)c3)cc2c1. The molecule has 0 saturated carbocycles. The van der Waals surface area contributed by atoms with Gasteiger partial charge in [0.15, 0.2) is 0 Å². The first-order chi connectivity index (χ1) is 10.3. The molecule has 3 rings (SSSR count). The Balaban J connectivity index is 2.09. The van der Waals surface area contributed by atoms with Crippen LogP contribution in [0.5, 0.6) is 0 Å². The molecule has 1 heterocycles. The Morgan fingerprint density at radius 1 is 1.05 bits per heavy atom. The maximum atomic E-state index is 13.3. The van der Waals surface area contributed by atoms with E-state index in [0.29, 0.717) is 0 Å². The number of hydrogen-bond donors (Lipinski definition) is 1. The lowest BCUT2D eigenvalue weighted by Crippen LogP contribution is -1.85. The van der Waals surface area contributed by atoms with Crippen molar-refractivity contribution in [3.63, 3.8) is 0 Å². The van der Waals surface area contributed by atoms with Gasteiger partial charge in [-0.15, -0.1) is 0 Å². The summed E-state index contributed by atoms with van der Waals surface area (Å²) in [4.78, 5) is 4.39. The van der Waals surface area contributed by atoms with Crippen molar-refractivity contribution in [1.82, 2.24) is 4.98 Å². The summed E-state index contributed by atoms with van der Waals surface area (Å²) < 4.78 is 13.3. The van der Waals surface area contributed by atoms with Gasteiger partial charge in [-0.1, -0.05) is 24.0 Å². The van der Waals surface area contributed by atoms with Crippen molar-refractivity contribution in [3.8, 4) is 23.0 Å². The number of benzene rings is 2. The lowest BCUT2D eigenvalue weighted by molar-refractivity contribution is 0.350. The average Bonchev–Trinajstić information content (AvgIpc) is 2.52. The third-order valence-electron chi connectivity index (χ3n) is 3.15. The summed E-state index contributed by atoms with van der Waals surface area (Å²) in [5.74, 6) is 5.22. The van der Waals surface area contributed by atoms with Crippen LogP contribution in [0.15, 0.2) is 54.7 Å². The van der Waals surface area contributed by atoms with E-state index >= 15 is 0 Å². The summed E-state index contributed by atoms with van der Waals surface area (Å²) in [5, 5.41) is 9.67. The Kier molecular flexibility index (Phi) is 3.63. The first kappa shape index (κ1) is 13.3. The molecule has 2 nitrogen and oxygen atoms in total. The maximum absolute atomic E-state index is 13.3. The fraction of sp³-hybridized carbons (Fsp3) is 0.0556. The smallest absolute Gasteiger partial charge is 0.123 e. The zero-order chi connectivity index (χ0) is 14.7. The van der Waals surface area contributed by atoms with E-state index in [-0.39, 0.29) is 12.4 Å². The second-order valence-electron chi connectivity index (χ2n) is 4.60. The van der Waals surface area contributed by atoms with Crippen LogP contribution in [0, 0.1) is 17.7 Å². The van der Waals surface area contributed by atoms with Gasteiger partial charge in [0.25, 0.3) is 0 Å². The van der Waals surface area contributed by atoms with E-state index in [4.69, 9.17) is 5.11 Å². The molecule has 3 aromatic rings. The van der Waals surface area contributed by atoms with Crippen LogP contribution < -0.4 is 0 Å². The number of aliphatic hydroxyl groups excluding tert-OH is 1. The number of fused-ring (bicyclic) bond motifs is 1. The molecule has 21 heavy (non-hydrogen) atoms. The van der Waals surface area contributed by atoms with Gasteiger partial charge in [-0.3, -0.25) is 4.98 Å². The highest BCUT2D eigenvalue weighted by molar-refractivity contribution is 5.84. The molecule has 0 bridgehead atoms. The van der Waals surface area contributed by atoms with Crippen molar-refractivity contribution in [2.24, 2.45) is 0 Å². The van der Waals surface area contributed by atoms with Crippen molar-refractivity contribution < 1.29 is 9.50 Å². The van der Waals surface area contributed by atoms with E-state index in [9.17, 15) is 4.39 Å². The van der Waals surface area contributed by atoms with Gasteiger partial charge in [0, 0.05) is 22.7 Å². The van der Waals surface area contributed by atoms with Crippen LogP contribution in [-0.4, -0.2) is 16.7 Å². The van der Waals surface area contributed by atoms with E-state index in [0.717, 1.165) is 27.6 Å². The molecule has 1 N–H and O–H groups in total. The van der Waals surface area contributed by atoms with Crippen molar-refractivity contribution in [2.75, 3.05) is 6.61 Å². The quantitative estimate of drug-likeness (QED) is 0.692. The molecular formula is C18H12FNO. The molecule has 1 aromatic heterocycles. The minimum absolute atomic E-state index is 0.167. The second-order valence-corrected chi connectivity index (χ2v) is 4.60. The second kappa shape index (κ2) is 5.74. The minimum Gasteiger partial charge on any atom is -0.384 e. The Hall–Kier alpha value is -2.70. The molecule has 0 unspecified atom stereocenters. The van der Waals surface area contributed by atoms with Crippen LogP contribution in [0.1, 0.15) is 5.56 Å². The van der Waals surface area contributed by atoms with Gasteiger partial charge in [0.2, 0.25) is 0 Å². The molecule has 0 amide bonds. The fourth-order valence-electron chi connectivity index (χ4n) is 2.18. The zero-order valence-electron chi connectivity index (χ0n) is 11.2. The fourth-order valence-corrected chi connectivity index (χ4v) is 2.18. The molecule has 0 atom stereocenters. The number of hydrogen-bond acceptors (Lipinski definition) is 2. The van der Waals surface area contributed by atoms with Crippen LogP contribution in [0.4, 0.5) is 4.39 Å². The number of aliphatic hydroxyl groups is 1. The van der Waals surface area contributed by atoms with Gasteiger partial charge < -0.3 is 5.11 Å². The third kappa shape index (κ3) is 2.91. The molecular weight excluding hydrogens is 265 g/mol. The molecule has 0 aliphatic heterocycles.